The van der Waals surface area contributed by atoms with Gasteiger partial charge in [0, 0.05) is 19.6 Å². The zero-order valence-electron chi connectivity index (χ0n) is 6.93. The van der Waals surface area contributed by atoms with Crippen molar-refractivity contribution in [2.24, 2.45) is 0 Å². The summed E-state index contributed by atoms with van der Waals surface area (Å²) in [5.41, 5.74) is 0.500. The van der Waals surface area contributed by atoms with Crippen LogP contribution in [-0.4, -0.2) is 42.1 Å². The first-order valence-corrected chi connectivity index (χ1v) is 4.26. The van der Waals surface area contributed by atoms with Crippen LogP contribution in [0.25, 0.3) is 0 Å². The van der Waals surface area contributed by atoms with E-state index in [4.69, 9.17) is 0 Å². The van der Waals surface area contributed by atoms with Crippen molar-refractivity contribution in [2.75, 3.05) is 26.7 Å². The van der Waals surface area contributed by atoms with Crippen molar-refractivity contribution in [2.45, 2.75) is 25.4 Å². The summed E-state index contributed by atoms with van der Waals surface area (Å²) in [4.78, 5) is 5.11. The molecule has 0 radical (unpaired) electrons. The number of nitrogens with zero attached hydrogens (tertiary/aromatic N) is 2. The topological polar surface area (TPSA) is 6.48 Å². The number of hydrogen-bond acceptors (Lipinski definition) is 2. The Hall–Kier alpha value is -0.0800. The van der Waals surface area contributed by atoms with Crippen molar-refractivity contribution in [1.82, 2.24) is 9.80 Å². The first-order chi connectivity index (χ1) is 4.79. The molecule has 0 aliphatic carbocycles. The second-order valence-corrected chi connectivity index (χ2v) is 3.49. The Balaban J connectivity index is 2.17. The predicted octanol–water partition coefficient (Wildman–Crippen LogP) is 0.744. The zero-order chi connectivity index (χ0) is 7.19. The molecular formula is C8H16N2. The van der Waals surface area contributed by atoms with E-state index in [1.165, 1.54) is 32.5 Å². The van der Waals surface area contributed by atoms with Crippen LogP contribution < -0.4 is 0 Å². The number of fused-ring (bicyclic) bond motifs is 1. The van der Waals surface area contributed by atoms with Crippen molar-refractivity contribution in [1.29, 1.82) is 0 Å². The second-order valence-electron chi connectivity index (χ2n) is 3.49. The van der Waals surface area contributed by atoms with Crippen molar-refractivity contribution >= 4 is 0 Å². The number of rotatable bonds is 1. The minimum atomic E-state index is 0.500. The standard InChI is InChI=1S/C8H16N2/c1-3-8-4-5-10(8)7-6-9(8)2/h3-7H2,1-2H3. The van der Waals surface area contributed by atoms with Crippen LogP contribution >= 0.6 is 0 Å². The fraction of sp³-hybridized carbons (Fsp3) is 1.00. The van der Waals surface area contributed by atoms with Gasteiger partial charge in [0.25, 0.3) is 0 Å². The van der Waals surface area contributed by atoms with E-state index in [1.54, 1.807) is 0 Å². The fourth-order valence-electron chi connectivity index (χ4n) is 2.43. The molecule has 0 spiro atoms. The van der Waals surface area contributed by atoms with Gasteiger partial charge in [-0.15, -0.1) is 0 Å². The molecule has 1 atom stereocenters. The molecular weight excluding hydrogens is 124 g/mol. The molecule has 58 valence electrons. The Bertz CT molecular complexity index is 134. The van der Waals surface area contributed by atoms with E-state index in [0.717, 1.165) is 0 Å². The largest absolute Gasteiger partial charge is 0.287 e. The summed E-state index contributed by atoms with van der Waals surface area (Å²) in [6.45, 7) is 6.20. The normalized spacial score (nSPS) is 41.4. The third-order valence-corrected chi connectivity index (χ3v) is 3.35. The van der Waals surface area contributed by atoms with Crippen molar-refractivity contribution in [3.8, 4) is 0 Å². The summed E-state index contributed by atoms with van der Waals surface area (Å²) in [5, 5.41) is 0. The molecule has 2 nitrogen and oxygen atoms in total. The Morgan fingerprint density at radius 3 is 2.40 bits per heavy atom. The van der Waals surface area contributed by atoms with Gasteiger partial charge in [0.15, 0.2) is 0 Å². The lowest BCUT2D eigenvalue weighted by Gasteiger charge is -2.51. The molecule has 0 saturated carbocycles. The van der Waals surface area contributed by atoms with Gasteiger partial charge in [-0.25, -0.2) is 0 Å². The van der Waals surface area contributed by atoms with Crippen LogP contribution in [0.15, 0.2) is 0 Å². The van der Waals surface area contributed by atoms with E-state index in [-0.39, 0.29) is 0 Å². The Morgan fingerprint density at radius 2 is 2.10 bits per heavy atom. The summed E-state index contributed by atoms with van der Waals surface area (Å²) in [7, 11) is 2.25. The lowest BCUT2D eigenvalue weighted by molar-refractivity contribution is -0.0612. The van der Waals surface area contributed by atoms with Crippen molar-refractivity contribution in [3.63, 3.8) is 0 Å². The molecule has 0 aromatic carbocycles. The Morgan fingerprint density at radius 1 is 1.30 bits per heavy atom. The van der Waals surface area contributed by atoms with Gasteiger partial charge >= 0.3 is 0 Å². The lowest BCUT2D eigenvalue weighted by atomic mass is 9.92. The monoisotopic (exact) mass is 140 g/mol. The highest BCUT2D eigenvalue weighted by Crippen LogP contribution is 2.39. The number of hydrogen-bond donors (Lipinski definition) is 0. The summed E-state index contributed by atoms with van der Waals surface area (Å²) < 4.78 is 0. The highest BCUT2D eigenvalue weighted by molar-refractivity contribution is 5.01. The Kier molecular flexibility index (Phi) is 1.29. The molecule has 0 amide bonds. The van der Waals surface area contributed by atoms with E-state index in [1.807, 2.05) is 0 Å². The predicted molar refractivity (Wildman–Crippen MR) is 41.8 cm³/mol. The molecule has 2 aliphatic rings. The highest BCUT2D eigenvalue weighted by atomic mass is 15.5. The minimum Gasteiger partial charge on any atom is -0.287 e. The van der Waals surface area contributed by atoms with Gasteiger partial charge in [-0.1, -0.05) is 6.92 Å². The highest BCUT2D eigenvalue weighted by Gasteiger charge is 2.49. The molecule has 1 unspecified atom stereocenters. The van der Waals surface area contributed by atoms with E-state index >= 15 is 0 Å². The maximum Gasteiger partial charge on any atom is 0.0745 e. The smallest absolute Gasteiger partial charge is 0.0745 e. The maximum atomic E-state index is 2.60. The third-order valence-electron chi connectivity index (χ3n) is 3.35. The SMILES string of the molecule is CCC12CCN1CCN2C. The van der Waals surface area contributed by atoms with Crippen LogP contribution in [-0.2, 0) is 0 Å². The van der Waals surface area contributed by atoms with Crippen LogP contribution in [0, 0.1) is 0 Å². The molecule has 2 heterocycles. The van der Waals surface area contributed by atoms with E-state index in [2.05, 4.69) is 23.8 Å². The molecule has 2 rings (SSSR count). The summed E-state index contributed by atoms with van der Waals surface area (Å²) in [6.07, 6.45) is 2.68. The molecule has 0 aromatic rings. The first-order valence-electron chi connectivity index (χ1n) is 4.26. The quantitative estimate of drug-likeness (QED) is 0.530. The zero-order valence-corrected chi connectivity index (χ0v) is 6.93. The van der Waals surface area contributed by atoms with Crippen LogP contribution in [0.3, 0.4) is 0 Å². The molecule has 2 heteroatoms. The van der Waals surface area contributed by atoms with Crippen LogP contribution in [0.2, 0.25) is 0 Å². The lowest BCUT2D eigenvalue weighted by Crippen LogP contribution is -2.61. The van der Waals surface area contributed by atoms with Gasteiger partial charge < -0.3 is 0 Å². The van der Waals surface area contributed by atoms with Crippen molar-refractivity contribution < 1.29 is 0 Å². The first kappa shape index (κ1) is 6.62. The molecule has 10 heavy (non-hydrogen) atoms. The van der Waals surface area contributed by atoms with Gasteiger partial charge in [-0.2, -0.15) is 0 Å². The molecule has 0 N–H and O–H groups in total. The molecule has 2 saturated heterocycles. The average molecular weight is 140 g/mol. The van der Waals surface area contributed by atoms with Gasteiger partial charge in [0.05, 0.1) is 5.66 Å². The number of likely N-dealkylation sites (N-methyl/N-ethyl adjacent to an activating group) is 1. The van der Waals surface area contributed by atoms with E-state index < -0.39 is 0 Å². The summed E-state index contributed by atoms with van der Waals surface area (Å²) >= 11 is 0. The van der Waals surface area contributed by atoms with Crippen molar-refractivity contribution in [3.05, 3.63) is 0 Å². The minimum absolute atomic E-state index is 0.500. The second kappa shape index (κ2) is 1.95. The van der Waals surface area contributed by atoms with Gasteiger partial charge in [-0.3, -0.25) is 9.80 Å². The van der Waals surface area contributed by atoms with Gasteiger partial charge in [0.1, 0.15) is 0 Å². The maximum absolute atomic E-state index is 2.60. The van der Waals surface area contributed by atoms with Crippen LogP contribution in [0.5, 0.6) is 0 Å². The fourth-order valence-corrected chi connectivity index (χ4v) is 2.43. The van der Waals surface area contributed by atoms with Gasteiger partial charge in [-0.05, 0) is 19.9 Å². The molecule has 2 fully saturated rings. The van der Waals surface area contributed by atoms with E-state index in [9.17, 15) is 0 Å². The molecule has 0 bridgehead atoms. The van der Waals surface area contributed by atoms with Crippen LogP contribution in [0.4, 0.5) is 0 Å². The molecule has 2 aliphatic heterocycles. The van der Waals surface area contributed by atoms with E-state index in [0.29, 0.717) is 5.66 Å². The Labute approximate surface area is 62.8 Å². The van der Waals surface area contributed by atoms with Crippen LogP contribution in [0.1, 0.15) is 19.8 Å². The van der Waals surface area contributed by atoms with Gasteiger partial charge in [0.2, 0.25) is 0 Å². The summed E-state index contributed by atoms with van der Waals surface area (Å²) in [5.74, 6) is 0. The average Bonchev–Trinajstić information content (AvgIpc) is 2.06. The third kappa shape index (κ3) is 0.565. The summed E-state index contributed by atoms with van der Waals surface area (Å²) in [6, 6.07) is 0. The molecule has 0 aromatic heterocycles.